The minimum absolute atomic E-state index is 0.0690. The number of hydrogen-bond donors (Lipinski definition) is 1. The van der Waals surface area contributed by atoms with Crippen molar-refractivity contribution in [3.63, 3.8) is 0 Å². The van der Waals surface area contributed by atoms with Crippen LogP contribution < -0.4 is 10.1 Å². The summed E-state index contributed by atoms with van der Waals surface area (Å²) in [5.74, 6) is 0.870. The summed E-state index contributed by atoms with van der Waals surface area (Å²) >= 11 is 1.71. The zero-order valence-corrected chi connectivity index (χ0v) is 13.7. The molecule has 0 radical (unpaired) electrons. The molecule has 0 saturated carbocycles. The number of aromatic nitrogens is 1. The molecule has 1 unspecified atom stereocenters. The molecule has 2 heterocycles. The molecular weight excluding hydrogens is 296 g/mol. The van der Waals surface area contributed by atoms with Gasteiger partial charge in [0.1, 0.15) is 12.4 Å². The lowest BCUT2D eigenvalue weighted by molar-refractivity contribution is -0.126. The average Bonchev–Trinajstić information content (AvgIpc) is 2.85. The zero-order chi connectivity index (χ0) is 15.5. The molecule has 22 heavy (non-hydrogen) atoms. The molecule has 116 valence electrons. The van der Waals surface area contributed by atoms with E-state index in [-0.39, 0.29) is 11.8 Å². The maximum atomic E-state index is 12.3. The van der Waals surface area contributed by atoms with Crippen LogP contribution in [0.1, 0.15) is 21.1 Å². The van der Waals surface area contributed by atoms with Crippen molar-refractivity contribution in [1.82, 2.24) is 10.3 Å². The number of para-hydroxylation sites is 1. The van der Waals surface area contributed by atoms with Gasteiger partial charge in [-0.3, -0.25) is 4.79 Å². The molecule has 4 nitrogen and oxygen atoms in total. The van der Waals surface area contributed by atoms with Crippen molar-refractivity contribution in [1.29, 1.82) is 0 Å². The Labute approximate surface area is 134 Å². The lowest BCUT2D eigenvalue weighted by atomic mass is 9.96. The van der Waals surface area contributed by atoms with E-state index < -0.39 is 0 Å². The van der Waals surface area contributed by atoms with E-state index in [2.05, 4.69) is 17.2 Å². The van der Waals surface area contributed by atoms with E-state index in [1.807, 2.05) is 31.2 Å². The van der Waals surface area contributed by atoms with E-state index >= 15 is 0 Å². The molecule has 0 aliphatic carbocycles. The van der Waals surface area contributed by atoms with Crippen LogP contribution >= 0.6 is 11.3 Å². The Bertz CT molecular complexity index is 662. The van der Waals surface area contributed by atoms with Crippen molar-refractivity contribution in [3.8, 4) is 5.75 Å². The number of ether oxygens (including phenoxy) is 1. The van der Waals surface area contributed by atoms with E-state index in [0.717, 1.165) is 34.9 Å². The maximum absolute atomic E-state index is 12.3. The number of amides is 1. The second-order valence-corrected chi connectivity index (χ2v) is 6.90. The minimum atomic E-state index is -0.102. The van der Waals surface area contributed by atoms with Crippen LogP contribution in [0.15, 0.2) is 24.3 Å². The number of hydrogen-bond acceptors (Lipinski definition) is 4. The summed E-state index contributed by atoms with van der Waals surface area (Å²) in [6.07, 6.45) is 1.53. The van der Waals surface area contributed by atoms with Gasteiger partial charge in [-0.05, 0) is 31.9 Å². The van der Waals surface area contributed by atoms with E-state index in [9.17, 15) is 4.79 Å². The van der Waals surface area contributed by atoms with Gasteiger partial charge in [-0.2, -0.15) is 0 Å². The van der Waals surface area contributed by atoms with Crippen molar-refractivity contribution >= 4 is 17.2 Å². The van der Waals surface area contributed by atoms with Gasteiger partial charge in [0.2, 0.25) is 5.91 Å². The summed E-state index contributed by atoms with van der Waals surface area (Å²) in [6.45, 7) is 5.18. The zero-order valence-electron chi connectivity index (χ0n) is 12.9. The number of rotatable bonds is 4. The summed E-state index contributed by atoms with van der Waals surface area (Å²) in [5, 5.41) is 4.09. The van der Waals surface area contributed by atoms with Crippen molar-refractivity contribution in [3.05, 3.63) is 45.4 Å². The van der Waals surface area contributed by atoms with Crippen LogP contribution in [0.3, 0.4) is 0 Å². The SMILES string of the molecule is Cc1nc(CCNC(=O)C2COc3ccccc3C2)sc1C. The highest BCUT2D eigenvalue weighted by molar-refractivity contribution is 7.11. The van der Waals surface area contributed by atoms with Gasteiger partial charge < -0.3 is 10.1 Å². The lowest BCUT2D eigenvalue weighted by Gasteiger charge is -2.24. The van der Waals surface area contributed by atoms with Crippen LogP contribution in [0.4, 0.5) is 0 Å². The molecule has 1 atom stereocenters. The number of fused-ring (bicyclic) bond motifs is 1. The first-order valence-corrected chi connectivity index (χ1v) is 8.36. The van der Waals surface area contributed by atoms with Gasteiger partial charge in [-0.1, -0.05) is 18.2 Å². The normalized spacial score (nSPS) is 16.7. The Balaban J connectivity index is 1.50. The second-order valence-electron chi connectivity index (χ2n) is 5.61. The minimum Gasteiger partial charge on any atom is -0.492 e. The quantitative estimate of drug-likeness (QED) is 0.943. The van der Waals surface area contributed by atoms with Gasteiger partial charge in [0.05, 0.1) is 16.6 Å². The molecule has 3 rings (SSSR count). The number of benzene rings is 1. The first-order chi connectivity index (χ1) is 10.6. The Morgan fingerprint density at radius 3 is 3.00 bits per heavy atom. The molecule has 0 saturated heterocycles. The Kier molecular flexibility index (Phi) is 4.43. The molecule has 1 amide bonds. The standard InChI is InChI=1S/C17H20N2O2S/c1-11-12(2)22-16(19-11)7-8-18-17(20)14-9-13-5-3-4-6-15(13)21-10-14/h3-6,14H,7-10H2,1-2H3,(H,18,20). The van der Waals surface area contributed by atoms with Crippen LogP contribution in [0, 0.1) is 19.8 Å². The van der Waals surface area contributed by atoms with Crippen molar-refractivity contribution in [2.24, 2.45) is 5.92 Å². The smallest absolute Gasteiger partial charge is 0.226 e. The highest BCUT2D eigenvalue weighted by Gasteiger charge is 2.25. The van der Waals surface area contributed by atoms with Gasteiger partial charge >= 0.3 is 0 Å². The van der Waals surface area contributed by atoms with Gasteiger partial charge in [-0.15, -0.1) is 11.3 Å². The third kappa shape index (κ3) is 3.30. The Morgan fingerprint density at radius 2 is 2.23 bits per heavy atom. The monoisotopic (exact) mass is 316 g/mol. The summed E-state index contributed by atoms with van der Waals surface area (Å²) < 4.78 is 5.67. The van der Waals surface area contributed by atoms with Gasteiger partial charge in [0.15, 0.2) is 0 Å². The lowest BCUT2D eigenvalue weighted by Crippen LogP contribution is -2.38. The highest BCUT2D eigenvalue weighted by Crippen LogP contribution is 2.26. The molecule has 1 aromatic heterocycles. The molecule has 1 aliphatic heterocycles. The Hall–Kier alpha value is -1.88. The van der Waals surface area contributed by atoms with Crippen LogP contribution in [-0.2, 0) is 17.6 Å². The fourth-order valence-corrected chi connectivity index (χ4v) is 3.51. The van der Waals surface area contributed by atoms with Crippen molar-refractivity contribution < 1.29 is 9.53 Å². The number of nitrogens with zero attached hydrogens (tertiary/aromatic N) is 1. The summed E-state index contributed by atoms with van der Waals surface area (Å²) in [4.78, 5) is 18.0. The van der Waals surface area contributed by atoms with Crippen LogP contribution in [0.5, 0.6) is 5.75 Å². The molecule has 0 bridgehead atoms. The molecular formula is C17H20N2O2S. The maximum Gasteiger partial charge on any atom is 0.226 e. The number of carbonyl (C=O) groups excluding carboxylic acids is 1. The third-order valence-electron chi connectivity index (χ3n) is 3.96. The Morgan fingerprint density at radius 1 is 1.41 bits per heavy atom. The van der Waals surface area contributed by atoms with Crippen LogP contribution in [-0.4, -0.2) is 24.0 Å². The van der Waals surface area contributed by atoms with E-state index in [4.69, 9.17) is 4.74 Å². The topological polar surface area (TPSA) is 51.2 Å². The number of carbonyl (C=O) groups is 1. The molecule has 1 aromatic carbocycles. The molecule has 1 N–H and O–H groups in total. The fraction of sp³-hybridized carbons (Fsp3) is 0.412. The number of thiazole rings is 1. The molecule has 1 aliphatic rings. The van der Waals surface area contributed by atoms with Crippen LogP contribution in [0.25, 0.3) is 0 Å². The first-order valence-electron chi connectivity index (χ1n) is 7.55. The van der Waals surface area contributed by atoms with Crippen molar-refractivity contribution in [2.75, 3.05) is 13.2 Å². The summed E-state index contributed by atoms with van der Waals surface area (Å²) in [5.41, 5.74) is 2.20. The number of aryl methyl sites for hydroxylation is 2. The predicted molar refractivity (Wildman–Crippen MR) is 87.4 cm³/mol. The summed E-state index contributed by atoms with van der Waals surface area (Å²) in [6, 6.07) is 7.92. The predicted octanol–water partition coefficient (Wildman–Crippen LogP) is 2.67. The van der Waals surface area contributed by atoms with E-state index in [0.29, 0.717) is 13.2 Å². The van der Waals surface area contributed by atoms with Gasteiger partial charge in [0.25, 0.3) is 0 Å². The molecule has 2 aromatic rings. The second kappa shape index (κ2) is 6.48. The van der Waals surface area contributed by atoms with E-state index in [1.54, 1.807) is 11.3 Å². The molecule has 0 fully saturated rings. The summed E-state index contributed by atoms with van der Waals surface area (Å²) in [7, 11) is 0. The van der Waals surface area contributed by atoms with Gasteiger partial charge in [0, 0.05) is 17.8 Å². The average molecular weight is 316 g/mol. The van der Waals surface area contributed by atoms with E-state index in [1.165, 1.54) is 4.88 Å². The molecule has 0 spiro atoms. The van der Waals surface area contributed by atoms with Gasteiger partial charge in [-0.25, -0.2) is 4.98 Å². The fourth-order valence-electron chi connectivity index (χ4n) is 2.58. The number of nitrogens with one attached hydrogen (secondary N) is 1. The highest BCUT2D eigenvalue weighted by atomic mass is 32.1. The first kappa shape index (κ1) is 15.0. The van der Waals surface area contributed by atoms with Crippen molar-refractivity contribution in [2.45, 2.75) is 26.7 Å². The largest absolute Gasteiger partial charge is 0.492 e. The molecule has 5 heteroatoms. The third-order valence-corrected chi connectivity index (χ3v) is 5.09. The van der Waals surface area contributed by atoms with Crippen LogP contribution in [0.2, 0.25) is 0 Å².